The van der Waals surface area contributed by atoms with Crippen LogP contribution in [-0.4, -0.2) is 10.9 Å². The fourth-order valence-electron chi connectivity index (χ4n) is 1.35. The average molecular weight is 346 g/mol. The number of hydrogen-bond donors (Lipinski definition) is 1. The van der Waals surface area contributed by atoms with Crippen LogP contribution in [0.3, 0.4) is 0 Å². The summed E-state index contributed by atoms with van der Waals surface area (Å²) in [6.45, 7) is 0. The molecule has 18 heavy (non-hydrogen) atoms. The van der Waals surface area contributed by atoms with Gasteiger partial charge in [-0.05, 0) is 40.2 Å². The second-order valence-electron chi connectivity index (χ2n) is 3.47. The Labute approximate surface area is 122 Å². The lowest BCUT2D eigenvalue weighted by molar-refractivity contribution is 0.102. The monoisotopic (exact) mass is 344 g/mol. The Morgan fingerprint density at radius 1 is 1.22 bits per heavy atom. The SMILES string of the molecule is O=C(Nc1cncc(Br)c1)c1cc(Cl)ccc1Cl. The Balaban J connectivity index is 2.24. The first-order valence-corrected chi connectivity index (χ1v) is 6.48. The van der Waals surface area contributed by atoms with Crippen LogP contribution in [0.25, 0.3) is 0 Å². The zero-order valence-electron chi connectivity index (χ0n) is 8.95. The van der Waals surface area contributed by atoms with Crippen LogP contribution in [0.1, 0.15) is 10.4 Å². The third-order valence-corrected chi connectivity index (χ3v) is 3.13. The number of pyridine rings is 1. The van der Waals surface area contributed by atoms with Crippen molar-refractivity contribution in [2.45, 2.75) is 0 Å². The van der Waals surface area contributed by atoms with Crippen molar-refractivity contribution < 1.29 is 4.79 Å². The molecule has 1 heterocycles. The van der Waals surface area contributed by atoms with E-state index in [1.807, 2.05) is 0 Å². The second kappa shape index (κ2) is 5.69. The van der Waals surface area contributed by atoms with Gasteiger partial charge in [0.25, 0.3) is 5.91 Å². The molecule has 0 unspecified atom stereocenters. The lowest BCUT2D eigenvalue weighted by Gasteiger charge is -2.07. The van der Waals surface area contributed by atoms with E-state index in [9.17, 15) is 4.79 Å². The Hall–Kier alpha value is -1.10. The second-order valence-corrected chi connectivity index (χ2v) is 5.23. The molecule has 0 radical (unpaired) electrons. The van der Waals surface area contributed by atoms with E-state index in [2.05, 4.69) is 26.2 Å². The molecular weight excluding hydrogens is 339 g/mol. The highest BCUT2D eigenvalue weighted by Gasteiger charge is 2.11. The van der Waals surface area contributed by atoms with E-state index in [0.29, 0.717) is 21.3 Å². The van der Waals surface area contributed by atoms with Gasteiger partial charge in [0.05, 0.1) is 22.5 Å². The number of halogens is 3. The fraction of sp³-hybridized carbons (Fsp3) is 0. The largest absolute Gasteiger partial charge is 0.321 e. The standard InChI is InChI=1S/C12H7BrCl2N2O/c13-7-3-9(6-16-5-7)17-12(18)10-4-8(14)1-2-11(10)15/h1-6H,(H,17,18). The van der Waals surface area contributed by atoms with Crippen LogP contribution < -0.4 is 5.32 Å². The number of hydrogen-bond acceptors (Lipinski definition) is 2. The number of anilines is 1. The van der Waals surface area contributed by atoms with Gasteiger partial charge >= 0.3 is 0 Å². The highest BCUT2D eigenvalue weighted by Crippen LogP contribution is 2.22. The molecule has 0 spiro atoms. The Bertz CT molecular complexity index is 604. The summed E-state index contributed by atoms with van der Waals surface area (Å²) >= 11 is 15.0. The molecule has 2 rings (SSSR count). The molecule has 3 nitrogen and oxygen atoms in total. The summed E-state index contributed by atoms with van der Waals surface area (Å²) in [4.78, 5) is 16.0. The van der Waals surface area contributed by atoms with Gasteiger partial charge in [-0.2, -0.15) is 0 Å². The van der Waals surface area contributed by atoms with Crippen molar-refractivity contribution in [3.8, 4) is 0 Å². The summed E-state index contributed by atoms with van der Waals surface area (Å²) in [5.41, 5.74) is 0.898. The Morgan fingerprint density at radius 3 is 2.72 bits per heavy atom. The lowest BCUT2D eigenvalue weighted by atomic mass is 10.2. The van der Waals surface area contributed by atoms with Gasteiger partial charge in [0.2, 0.25) is 0 Å². The van der Waals surface area contributed by atoms with Crippen LogP contribution in [-0.2, 0) is 0 Å². The maximum absolute atomic E-state index is 12.0. The molecule has 0 aliphatic heterocycles. The van der Waals surface area contributed by atoms with E-state index in [1.165, 1.54) is 6.07 Å². The lowest BCUT2D eigenvalue weighted by Crippen LogP contribution is -2.12. The Morgan fingerprint density at radius 2 is 2.00 bits per heavy atom. The Kier molecular flexibility index (Phi) is 4.22. The van der Waals surface area contributed by atoms with Gasteiger partial charge in [0.15, 0.2) is 0 Å². The highest BCUT2D eigenvalue weighted by atomic mass is 79.9. The molecule has 6 heteroatoms. The number of rotatable bonds is 2. The van der Waals surface area contributed by atoms with Gasteiger partial charge in [-0.15, -0.1) is 0 Å². The summed E-state index contributed by atoms with van der Waals surface area (Å²) < 4.78 is 0.775. The van der Waals surface area contributed by atoms with Gasteiger partial charge < -0.3 is 5.32 Å². The van der Waals surface area contributed by atoms with Crippen molar-refractivity contribution >= 4 is 50.7 Å². The molecular formula is C12H7BrCl2N2O. The summed E-state index contributed by atoms with van der Waals surface area (Å²) in [5, 5.41) is 3.50. The zero-order chi connectivity index (χ0) is 13.1. The van der Waals surface area contributed by atoms with Crippen molar-refractivity contribution in [2.75, 3.05) is 5.32 Å². The normalized spacial score (nSPS) is 10.2. The molecule has 1 N–H and O–H groups in total. The first kappa shape index (κ1) is 13.3. The molecule has 0 atom stereocenters. The number of carbonyl (C=O) groups excluding carboxylic acids is 1. The van der Waals surface area contributed by atoms with E-state index in [1.54, 1.807) is 30.6 Å². The van der Waals surface area contributed by atoms with E-state index < -0.39 is 0 Å². The van der Waals surface area contributed by atoms with E-state index in [-0.39, 0.29) is 5.91 Å². The topological polar surface area (TPSA) is 42.0 Å². The third-order valence-electron chi connectivity index (χ3n) is 2.14. The maximum atomic E-state index is 12.0. The molecule has 0 saturated carbocycles. The molecule has 0 aliphatic rings. The zero-order valence-corrected chi connectivity index (χ0v) is 12.1. The van der Waals surface area contributed by atoms with E-state index in [4.69, 9.17) is 23.2 Å². The molecule has 0 aliphatic carbocycles. The molecule has 92 valence electrons. The first-order valence-electron chi connectivity index (χ1n) is 4.93. The number of benzene rings is 1. The van der Waals surface area contributed by atoms with Gasteiger partial charge in [-0.3, -0.25) is 9.78 Å². The summed E-state index contributed by atoms with van der Waals surface area (Å²) in [6, 6.07) is 6.47. The van der Waals surface area contributed by atoms with Crippen LogP contribution in [0.5, 0.6) is 0 Å². The maximum Gasteiger partial charge on any atom is 0.257 e. The molecule has 2 aromatic rings. The average Bonchev–Trinajstić information content (AvgIpc) is 2.32. The minimum Gasteiger partial charge on any atom is -0.321 e. The van der Waals surface area contributed by atoms with E-state index in [0.717, 1.165) is 4.47 Å². The van der Waals surface area contributed by atoms with Gasteiger partial charge in [0, 0.05) is 15.7 Å². The van der Waals surface area contributed by atoms with Crippen LogP contribution in [0, 0.1) is 0 Å². The third kappa shape index (κ3) is 3.22. The van der Waals surface area contributed by atoms with Crippen molar-refractivity contribution in [2.24, 2.45) is 0 Å². The molecule has 1 aromatic heterocycles. The molecule has 1 amide bonds. The van der Waals surface area contributed by atoms with Crippen molar-refractivity contribution in [3.05, 3.63) is 56.7 Å². The summed E-state index contributed by atoms with van der Waals surface area (Å²) in [6.07, 6.45) is 3.17. The molecule has 1 aromatic carbocycles. The molecule has 0 saturated heterocycles. The van der Waals surface area contributed by atoms with Crippen molar-refractivity contribution in [3.63, 3.8) is 0 Å². The quantitative estimate of drug-likeness (QED) is 0.876. The van der Waals surface area contributed by atoms with Gasteiger partial charge in [-0.25, -0.2) is 0 Å². The van der Waals surface area contributed by atoms with Crippen molar-refractivity contribution in [1.82, 2.24) is 4.98 Å². The summed E-state index contributed by atoms with van der Waals surface area (Å²) in [5.74, 6) is -0.331. The summed E-state index contributed by atoms with van der Waals surface area (Å²) in [7, 11) is 0. The first-order chi connectivity index (χ1) is 8.56. The van der Waals surface area contributed by atoms with Crippen LogP contribution in [0.4, 0.5) is 5.69 Å². The predicted octanol–water partition coefficient (Wildman–Crippen LogP) is 4.40. The number of aromatic nitrogens is 1. The number of nitrogens with zero attached hydrogens (tertiary/aromatic N) is 1. The molecule has 0 fully saturated rings. The van der Waals surface area contributed by atoms with Crippen LogP contribution in [0.2, 0.25) is 10.0 Å². The van der Waals surface area contributed by atoms with Gasteiger partial charge in [0.1, 0.15) is 0 Å². The van der Waals surface area contributed by atoms with E-state index >= 15 is 0 Å². The van der Waals surface area contributed by atoms with Crippen LogP contribution in [0.15, 0.2) is 41.1 Å². The van der Waals surface area contributed by atoms with Gasteiger partial charge in [-0.1, -0.05) is 23.2 Å². The smallest absolute Gasteiger partial charge is 0.257 e. The minimum absolute atomic E-state index is 0.323. The fourth-order valence-corrected chi connectivity index (χ4v) is 2.09. The minimum atomic E-state index is -0.331. The van der Waals surface area contributed by atoms with Crippen molar-refractivity contribution in [1.29, 1.82) is 0 Å². The predicted molar refractivity (Wildman–Crippen MR) is 76.4 cm³/mol. The molecule has 0 bridgehead atoms. The van der Waals surface area contributed by atoms with Crippen LogP contribution >= 0.6 is 39.1 Å². The number of nitrogens with one attached hydrogen (secondary N) is 1. The number of carbonyl (C=O) groups is 1. The number of amides is 1. The highest BCUT2D eigenvalue weighted by molar-refractivity contribution is 9.10.